The predicted molar refractivity (Wildman–Crippen MR) is 113 cm³/mol. The second kappa shape index (κ2) is 10.0. The standard InChI is InChI=1S/C23H31N3O2/c1-16(2)20-7-6-8-21(17(3)4)23(20)26(18(5)27)14-11-22(28)25-15-19-9-12-24-13-10-19/h6-10,12-13,16-17H,11,14-15H2,1-5H3,(H,25,28). The second-order valence-corrected chi connectivity index (χ2v) is 7.65. The van der Waals surface area contributed by atoms with Crippen molar-refractivity contribution in [1.29, 1.82) is 0 Å². The Balaban J connectivity index is 2.15. The molecule has 5 nitrogen and oxygen atoms in total. The van der Waals surface area contributed by atoms with Gasteiger partial charge in [0.15, 0.2) is 0 Å². The van der Waals surface area contributed by atoms with E-state index in [1.165, 1.54) is 0 Å². The van der Waals surface area contributed by atoms with Crippen molar-refractivity contribution in [2.45, 2.75) is 59.4 Å². The average Bonchev–Trinajstić information content (AvgIpc) is 2.66. The molecule has 28 heavy (non-hydrogen) atoms. The summed E-state index contributed by atoms with van der Waals surface area (Å²) in [6.45, 7) is 10.9. The number of amides is 2. The molecule has 2 rings (SSSR count). The molecule has 0 fully saturated rings. The largest absolute Gasteiger partial charge is 0.352 e. The molecular weight excluding hydrogens is 350 g/mol. The van der Waals surface area contributed by atoms with Crippen LogP contribution in [0.2, 0.25) is 0 Å². The van der Waals surface area contributed by atoms with Crippen molar-refractivity contribution in [3.8, 4) is 0 Å². The van der Waals surface area contributed by atoms with Crippen LogP contribution in [0.25, 0.3) is 0 Å². The normalized spacial score (nSPS) is 11.0. The summed E-state index contributed by atoms with van der Waals surface area (Å²) in [4.78, 5) is 30.6. The van der Waals surface area contributed by atoms with Crippen LogP contribution in [0.15, 0.2) is 42.7 Å². The van der Waals surface area contributed by atoms with Crippen molar-refractivity contribution in [3.63, 3.8) is 0 Å². The number of nitrogens with zero attached hydrogens (tertiary/aromatic N) is 2. The molecule has 2 aromatic rings. The van der Waals surface area contributed by atoms with Crippen LogP contribution in [-0.2, 0) is 16.1 Å². The Morgan fingerprint density at radius 2 is 1.57 bits per heavy atom. The molecule has 1 N–H and O–H groups in total. The van der Waals surface area contributed by atoms with Crippen LogP contribution in [0.4, 0.5) is 5.69 Å². The van der Waals surface area contributed by atoms with Crippen molar-refractivity contribution in [3.05, 3.63) is 59.4 Å². The summed E-state index contributed by atoms with van der Waals surface area (Å²) in [6.07, 6.45) is 3.67. The maximum atomic E-state index is 12.5. The highest BCUT2D eigenvalue weighted by Crippen LogP contribution is 2.35. The van der Waals surface area contributed by atoms with Gasteiger partial charge in [-0.15, -0.1) is 0 Å². The van der Waals surface area contributed by atoms with Gasteiger partial charge in [0.25, 0.3) is 0 Å². The quantitative estimate of drug-likeness (QED) is 0.738. The van der Waals surface area contributed by atoms with E-state index in [0.717, 1.165) is 22.4 Å². The third kappa shape index (κ3) is 5.65. The van der Waals surface area contributed by atoms with Crippen LogP contribution in [0, 0.1) is 0 Å². The van der Waals surface area contributed by atoms with Gasteiger partial charge < -0.3 is 10.2 Å². The maximum absolute atomic E-state index is 12.5. The second-order valence-electron chi connectivity index (χ2n) is 7.65. The van der Waals surface area contributed by atoms with Gasteiger partial charge in [0, 0.05) is 38.8 Å². The predicted octanol–water partition coefficient (Wildman–Crippen LogP) is 4.39. The van der Waals surface area contributed by atoms with Gasteiger partial charge in [0.2, 0.25) is 11.8 Å². The minimum absolute atomic E-state index is 0.0445. The van der Waals surface area contributed by atoms with Gasteiger partial charge in [0.1, 0.15) is 0 Å². The molecule has 1 aromatic heterocycles. The first-order valence-corrected chi connectivity index (χ1v) is 9.87. The molecule has 0 radical (unpaired) electrons. The van der Waals surface area contributed by atoms with E-state index >= 15 is 0 Å². The van der Waals surface area contributed by atoms with E-state index in [1.54, 1.807) is 24.2 Å². The number of pyridine rings is 1. The van der Waals surface area contributed by atoms with Gasteiger partial charge in [-0.25, -0.2) is 0 Å². The molecule has 1 heterocycles. The van der Waals surface area contributed by atoms with Crippen LogP contribution in [0.5, 0.6) is 0 Å². The molecule has 0 atom stereocenters. The minimum atomic E-state index is -0.0730. The number of rotatable bonds is 8. The molecule has 0 spiro atoms. The molecule has 1 aromatic carbocycles. The smallest absolute Gasteiger partial charge is 0.223 e. The van der Waals surface area contributed by atoms with E-state index in [9.17, 15) is 9.59 Å². The molecule has 2 amide bonds. The number of carbonyl (C=O) groups is 2. The first kappa shape index (κ1) is 21.6. The highest BCUT2D eigenvalue weighted by Gasteiger charge is 2.22. The van der Waals surface area contributed by atoms with Crippen molar-refractivity contribution in [2.24, 2.45) is 0 Å². The summed E-state index contributed by atoms with van der Waals surface area (Å²) < 4.78 is 0. The van der Waals surface area contributed by atoms with Crippen LogP contribution in [0.3, 0.4) is 0 Å². The topological polar surface area (TPSA) is 62.3 Å². The lowest BCUT2D eigenvalue weighted by Crippen LogP contribution is -2.35. The summed E-state index contributed by atoms with van der Waals surface area (Å²) in [5.74, 6) is 0.459. The Labute approximate surface area is 168 Å². The van der Waals surface area contributed by atoms with Crippen molar-refractivity contribution < 1.29 is 9.59 Å². The maximum Gasteiger partial charge on any atom is 0.223 e. The van der Waals surface area contributed by atoms with E-state index < -0.39 is 0 Å². The van der Waals surface area contributed by atoms with Crippen molar-refractivity contribution >= 4 is 17.5 Å². The zero-order valence-electron chi connectivity index (χ0n) is 17.5. The number of hydrogen-bond acceptors (Lipinski definition) is 3. The van der Waals surface area contributed by atoms with Gasteiger partial charge in [-0.1, -0.05) is 45.9 Å². The Bertz CT molecular complexity index is 774. The van der Waals surface area contributed by atoms with Crippen molar-refractivity contribution in [2.75, 3.05) is 11.4 Å². The Kier molecular flexibility index (Phi) is 7.73. The number of anilines is 1. The fraction of sp³-hybridized carbons (Fsp3) is 0.435. The fourth-order valence-corrected chi connectivity index (χ4v) is 3.25. The Morgan fingerprint density at radius 3 is 2.07 bits per heavy atom. The lowest BCUT2D eigenvalue weighted by atomic mass is 9.91. The summed E-state index contributed by atoms with van der Waals surface area (Å²) in [5.41, 5.74) is 4.23. The molecule has 5 heteroatoms. The van der Waals surface area contributed by atoms with Gasteiger partial charge in [0.05, 0.1) is 5.69 Å². The first-order chi connectivity index (χ1) is 13.3. The molecule has 0 saturated heterocycles. The monoisotopic (exact) mass is 381 g/mol. The number of benzene rings is 1. The molecule has 0 saturated carbocycles. The molecule has 150 valence electrons. The van der Waals surface area contributed by atoms with Crippen LogP contribution in [-0.4, -0.2) is 23.3 Å². The minimum Gasteiger partial charge on any atom is -0.352 e. The zero-order chi connectivity index (χ0) is 20.7. The summed E-state index contributed by atoms with van der Waals surface area (Å²) in [5, 5.41) is 2.91. The van der Waals surface area contributed by atoms with E-state index in [0.29, 0.717) is 13.1 Å². The highest BCUT2D eigenvalue weighted by molar-refractivity contribution is 5.94. The van der Waals surface area contributed by atoms with Crippen LogP contribution >= 0.6 is 0 Å². The van der Waals surface area contributed by atoms with E-state index in [2.05, 4.69) is 50.1 Å². The number of hydrogen-bond donors (Lipinski definition) is 1. The van der Waals surface area contributed by atoms with Crippen LogP contribution < -0.4 is 10.2 Å². The number of aromatic nitrogens is 1. The first-order valence-electron chi connectivity index (χ1n) is 9.87. The Hall–Kier alpha value is -2.69. The lowest BCUT2D eigenvalue weighted by Gasteiger charge is -2.29. The average molecular weight is 382 g/mol. The lowest BCUT2D eigenvalue weighted by molar-refractivity contribution is -0.121. The highest BCUT2D eigenvalue weighted by atomic mass is 16.2. The van der Waals surface area contributed by atoms with Gasteiger partial charge in [-0.05, 0) is 40.7 Å². The SMILES string of the molecule is CC(=O)N(CCC(=O)NCc1ccncc1)c1c(C(C)C)cccc1C(C)C. The molecule has 0 aliphatic rings. The number of carbonyl (C=O) groups excluding carboxylic acids is 2. The number of nitrogens with one attached hydrogen (secondary N) is 1. The summed E-state index contributed by atoms with van der Waals surface area (Å²) >= 11 is 0. The molecule has 0 aliphatic heterocycles. The Morgan fingerprint density at radius 1 is 1.00 bits per heavy atom. The van der Waals surface area contributed by atoms with Gasteiger partial charge >= 0.3 is 0 Å². The zero-order valence-corrected chi connectivity index (χ0v) is 17.5. The molecule has 0 bridgehead atoms. The van der Waals surface area contributed by atoms with Crippen LogP contribution in [0.1, 0.15) is 69.6 Å². The molecule has 0 unspecified atom stereocenters. The number of para-hydroxylation sites is 1. The van der Waals surface area contributed by atoms with Gasteiger partial charge in [-0.2, -0.15) is 0 Å². The summed E-state index contributed by atoms with van der Waals surface area (Å²) in [6, 6.07) is 9.94. The third-order valence-electron chi connectivity index (χ3n) is 4.79. The molecule has 0 aliphatic carbocycles. The molecular formula is C23H31N3O2. The van der Waals surface area contributed by atoms with E-state index in [1.807, 2.05) is 18.2 Å². The van der Waals surface area contributed by atoms with Crippen molar-refractivity contribution in [1.82, 2.24) is 10.3 Å². The van der Waals surface area contributed by atoms with E-state index in [4.69, 9.17) is 0 Å². The third-order valence-corrected chi connectivity index (χ3v) is 4.79. The van der Waals surface area contributed by atoms with E-state index in [-0.39, 0.29) is 30.1 Å². The fourth-order valence-electron chi connectivity index (χ4n) is 3.25. The van der Waals surface area contributed by atoms with Gasteiger partial charge in [-0.3, -0.25) is 14.6 Å². The summed E-state index contributed by atoms with van der Waals surface area (Å²) in [7, 11) is 0.